The van der Waals surface area contributed by atoms with E-state index in [1.54, 1.807) is 11.0 Å². The molecule has 17 heavy (non-hydrogen) atoms. The maximum Gasteiger partial charge on any atom is 0.240 e. The number of piperidine rings is 1. The molecule has 0 saturated carbocycles. The Labute approximate surface area is 102 Å². The highest BCUT2D eigenvalue weighted by Crippen LogP contribution is 2.10. The van der Waals surface area contributed by atoms with Crippen molar-refractivity contribution in [3.63, 3.8) is 0 Å². The van der Waals surface area contributed by atoms with Crippen LogP contribution >= 0.6 is 0 Å². The van der Waals surface area contributed by atoms with Crippen LogP contribution in [0, 0.1) is 11.3 Å². The topological polar surface area (TPSA) is 90.3 Å². The molecule has 1 N–H and O–H groups in total. The molecule has 0 spiro atoms. The van der Waals surface area contributed by atoms with Gasteiger partial charge in [-0.25, -0.2) is 13.1 Å². The summed E-state index contributed by atoms with van der Waals surface area (Å²) in [7, 11) is -3.67. The first-order valence-corrected chi connectivity index (χ1v) is 7.27. The van der Waals surface area contributed by atoms with E-state index in [0.717, 1.165) is 19.3 Å². The van der Waals surface area contributed by atoms with Gasteiger partial charge in [-0.2, -0.15) is 5.26 Å². The monoisotopic (exact) mass is 259 g/mol. The van der Waals surface area contributed by atoms with Crippen molar-refractivity contribution >= 4 is 15.9 Å². The van der Waals surface area contributed by atoms with Gasteiger partial charge in [0.05, 0.1) is 12.1 Å². The molecule has 0 aromatic carbocycles. The van der Waals surface area contributed by atoms with E-state index in [1.807, 2.05) is 0 Å². The van der Waals surface area contributed by atoms with Gasteiger partial charge in [0.1, 0.15) is 0 Å². The highest BCUT2D eigenvalue weighted by molar-refractivity contribution is 7.89. The summed E-state index contributed by atoms with van der Waals surface area (Å²) in [6.07, 6.45) is 3.03. The third-order valence-corrected chi connectivity index (χ3v) is 3.87. The average Bonchev–Trinajstić information content (AvgIpc) is 2.28. The Hall–Kier alpha value is -1.13. The summed E-state index contributed by atoms with van der Waals surface area (Å²) in [4.78, 5) is 13.6. The van der Waals surface area contributed by atoms with Crippen LogP contribution in [0.1, 0.15) is 26.2 Å². The number of likely N-dealkylation sites (tertiary alicyclic amines) is 1. The van der Waals surface area contributed by atoms with E-state index in [2.05, 4.69) is 4.72 Å². The molecule has 1 fully saturated rings. The Bertz CT molecular complexity index is 407. The predicted molar refractivity (Wildman–Crippen MR) is 62.4 cm³/mol. The molecule has 1 heterocycles. The van der Waals surface area contributed by atoms with Crippen LogP contribution in [0.3, 0.4) is 0 Å². The first kappa shape index (κ1) is 13.9. The molecule has 1 aliphatic rings. The maximum atomic E-state index is 11.9. The van der Waals surface area contributed by atoms with Crippen LogP contribution in [0.5, 0.6) is 0 Å². The van der Waals surface area contributed by atoms with E-state index in [0.29, 0.717) is 13.1 Å². The van der Waals surface area contributed by atoms with E-state index < -0.39 is 21.8 Å². The van der Waals surface area contributed by atoms with Gasteiger partial charge in [-0.3, -0.25) is 4.79 Å². The molecule has 0 bridgehead atoms. The van der Waals surface area contributed by atoms with Gasteiger partial charge in [-0.1, -0.05) is 0 Å². The summed E-state index contributed by atoms with van der Waals surface area (Å²) in [5.41, 5.74) is 0. The van der Waals surface area contributed by atoms with Crippen LogP contribution in [0.4, 0.5) is 0 Å². The van der Waals surface area contributed by atoms with Gasteiger partial charge in [-0.15, -0.1) is 0 Å². The smallest absolute Gasteiger partial charge is 0.240 e. The number of nitrogens with one attached hydrogen (secondary N) is 1. The second-order valence-electron chi connectivity index (χ2n) is 4.14. The lowest BCUT2D eigenvalue weighted by Crippen LogP contribution is -2.48. The van der Waals surface area contributed by atoms with Crippen molar-refractivity contribution in [3.8, 4) is 6.07 Å². The summed E-state index contributed by atoms with van der Waals surface area (Å²) in [5, 5.41) is 8.34. The Morgan fingerprint density at radius 1 is 1.41 bits per heavy atom. The molecule has 1 unspecified atom stereocenters. The minimum atomic E-state index is -3.67. The van der Waals surface area contributed by atoms with Crippen LogP contribution in [-0.4, -0.2) is 44.1 Å². The van der Waals surface area contributed by atoms with E-state index >= 15 is 0 Å². The van der Waals surface area contributed by atoms with Gasteiger partial charge in [0.25, 0.3) is 0 Å². The highest BCUT2D eigenvalue weighted by atomic mass is 32.2. The number of carbonyl (C=O) groups excluding carboxylic acids is 1. The molecular formula is C10H17N3O3S. The van der Waals surface area contributed by atoms with Gasteiger partial charge >= 0.3 is 0 Å². The number of rotatable bonds is 4. The average molecular weight is 259 g/mol. The van der Waals surface area contributed by atoms with Crippen LogP contribution in [0.15, 0.2) is 0 Å². The van der Waals surface area contributed by atoms with E-state index in [1.165, 1.54) is 6.92 Å². The summed E-state index contributed by atoms with van der Waals surface area (Å²) in [6, 6.07) is 0.757. The minimum Gasteiger partial charge on any atom is -0.341 e. The van der Waals surface area contributed by atoms with Crippen molar-refractivity contribution in [3.05, 3.63) is 0 Å². The summed E-state index contributed by atoms with van der Waals surface area (Å²) >= 11 is 0. The number of amides is 1. The molecule has 0 radical (unpaired) electrons. The molecule has 1 atom stereocenters. The van der Waals surface area contributed by atoms with Gasteiger partial charge < -0.3 is 4.90 Å². The van der Waals surface area contributed by atoms with Crippen molar-refractivity contribution in [2.24, 2.45) is 0 Å². The summed E-state index contributed by atoms with van der Waals surface area (Å²) in [5.74, 6) is -0.837. The molecule has 6 nitrogen and oxygen atoms in total. The lowest BCUT2D eigenvalue weighted by atomic mass is 10.1. The molecule has 1 rings (SSSR count). The standard InChI is InChI=1S/C10H17N3O3S/c1-9(12-17(15,16)8-5-11)10(14)13-6-3-2-4-7-13/h9,12H,2-4,6-8H2,1H3. The third kappa shape index (κ3) is 4.32. The lowest BCUT2D eigenvalue weighted by Gasteiger charge is -2.29. The molecule has 0 aromatic heterocycles. The van der Waals surface area contributed by atoms with Crippen molar-refractivity contribution in [1.29, 1.82) is 5.26 Å². The lowest BCUT2D eigenvalue weighted by molar-refractivity contribution is -0.133. The fourth-order valence-corrected chi connectivity index (χ4v) is 2.73. The largest absolute Gasteiger partial charge is 0.341 e. The number of nitriles is 1. The van der Waals surface area contributed by atoms with Crippen molar-refractivity contribution in [2.75, 3.05) is 18.8 Å². The molecular weight excluding hydrogens is 242 g/mol. The Kier molecular flexibility index (Phi) is 4.90. The van der Waals surface area contributed by atoms with E-state index in [-0.39, 0.29) is 5.91 Å². The van der Waals surface area contributed by atoms with Crippen LogP contribution in [0.25, 0.3) is 0 Å². The van der Waals surface area contributed by atoms with Gasteiger partial charge in [0.15, 0.2) is 5.75 Å². The Morgan fingerprint density at radius 2 is 2.00 bits per heavy atom. The van der Waals surface area contributed by atoms with Gasteiger partial charge in [0, 0.05) is 13.1 Å². The third-order valence-electron chi connectivity index (χ3n) is 2.65. The van der Waals surface area contributed by atoms with Gasteiger partial charge in [0.2, 0.25) is 15.9 Å². The molecule has 96 valence electrons. The molecule has 7 heteroatoms. The SMILES string of the molecule is CC(NS(=O)(=O)CC#N)C(=O)N1CCCCC1. The summed E-state index contributed by atoms with van der Waals surface area (Å²) < 4.78 is 24.9. The quantitative estimate of drug-likeness (QED) is 0.759. The Balaban J connectivity index is 2.55. The minimum absolute atomic E-state index is 0.216. The Morgan fingerprint density at radius 3 is 2.53 bits per heavy atom. The first-order chi connectivity index (χ1) is 7.96. The zero-order valence-electron chi connectivity index (χ0n) is 9.85. The number of sulfonamides is 1. The van der Waals surface area contributed by atoms with Crippen LogP contribution in [0.2, 0.25) is 0 Å². The maximum absolute atomic E-state index is 11.9. The fraction of sp³-hybridized carbons (Fsp3) is 0.800. The number of hydrogen-bond acceptors (Lipinski definition) is 4. The van der Waals surface area contributed by atoms with Gasteiger partial charge in [-0.05, 0) is 26.2 Å². The van der Waals surface area contributed by atoms with E-state index in [4.69, 9.17) is 5.26 Å². The molecule has 1 amide bonds. The zero-order valence-corrected chi connectivity index (χ0v) is 10.7. The normalized spacial score (nSPS) is 18.5. The number of nitrogens with zero attached hydrogens (tertiary/aromatic N) is 2. The summed E-state index contributed by atoms with van der Waals surface area (Å²) in [6.45, 7) is 2.87. The molecule has 1 aliphatic heterocycles. The molecule has 0 aliphatic carbocycles. The van der Waals surface area contributed by atoms with Crippen molar-refractivity contribution < 1.29 is 13.2 Å². The first-order valence-electron chi connectivity index (χ1n) is 5.62. The fourth-order valence-electron chi connectivity index (χ4n) is 1.83. The number of hydrogen-bond donors (Lipinski definition) is 1. The van der Waals surface area contributed by atoms with E-state index in [9.17, 15) is 13.2 Å². The van der Waals surface area contributed by atoms with Crippen molar-refractivity contribution in [1.82, 2.24) is 9.62 Å². The number of carbonyl (C=O) groups is 1. The van der Waals surface area contributed by atoms with Crippen LogP contribution in [-0.2, 0) is 14.8 Å². The van der Waals surface area contributed by atoms with Crippen LogP contribution < -0.4 is 4.72 Å². The predicted octanol–water partition coefficient (Wildman–Crippen LogP) is -0.170. The zero-order chi connectivity index (χ0) is 12.9. The second-order valence-corrected chi connectivity index (χ2v) is 5.90. The molecule has 1 saturated heterocycles. The highest BCUT2D eigenvalue weighted by Gasteiger charge is 2.25. The molecule has 0 aromatic rings. The second kappa shape index (κ2) is 5.98. The van der Waals surface area contributed by atoms with Crippen molar-refractivity contribution in [2.45, 2.75) is 32.2 Å².